The van der Waals surface area contributed by atoms with Gasteiger partial charge in [-0.1, -0.05) is 22.0 Å². The third kappa shape index (κ3) is 4.72. The van der Waals surface area contributed by atoms with Crippen molar-refractivity contribution in [1.82, 2.24) is 10.3 Å². The molecule has 1 amide bonds. The smallest absolute Gasteiger partial charge is 0.244 e. The Morgan fingerprint density at radius 1 is 1.43 bits per heavy atom. The van der Waals surface area contributed by atoms with E-state index in [1.807, 2.05) is 30.3 Å². The van der Waals surface area contributed by atoms with Crippen molar-refractivity contribution in [3.8, 4) is 5.75 Å². The number of methoxy groups -OCH3 is 1. The Kier molecular flexibility index (Phi) is 5.51. The molecule has 0 aliphatic rings. The fraction of sp³-hybridized carbons (Fsp3) is 0.125. The topological polar surface area (TPSA) is 51.2 Å². The van der Waals surface area contributed by atoms with Crippen molar-refractivity contribution >= 4 is 27.9 Å². The second kappa shape index (κ2) is 7.59. The van der Waals surface area contributed by atoms with Crippen LogP contribution in [0.15, 0.2) is 53.3 Å². The van der Waals surface area contributed by atoms with Crippen LogP contribution in [-0.2, 0) is 11.3 Å². The number of hydrogen-bond acceptors (Lipinski definition) is 3. The number of nitrogens with zero attached hydrogens (tertiary/aromatic N) is 1. The molecule has 21 heavy (non-hydrogen) atoms. The first kappa shape index (κ1) is 15.3. The van der Waals surface area contributed by atoms with E-state index in [0.717, 1.165) is 21.3 Å². The Hall–Kier alpha value is -2.14. The minimum atomic E-state index is -0.166. The van der Waals surface area contributed by atoms with Crippen molar-refractivity contribution in [2.45, 2.75) is 6.54 Å². The number of benzene rings is 1. The number of pyridine rings is 1. The summed E-state index contributed by atoms with van der Waals surface area (Å²) in [4.78, 5) is 15.8. The molecule has 1 heterocycles. The van der Waals surface area contributed by atoms with Crippen LogP contribution in [0, 0.1) is 0 Å². The minimum absolute atomic E-state index is 0.166. The van der Waals surface area contributed by atoms with Crippen molar-refractivity contribution in [1.29, 1.82) is 0 Å². The fourth-order valence-electron chi connectivity index (χ4n) is 1.75. The molecule has 0 aliphatic carbocycles. The van der Waals surface area contributed by atoms with Crippen LogP contribution in [0.4, 0.5) is 0 Å². The first-order chi connectivity index (χ1) is 10.2. The van der Waals surface area contributed by atoms with Crippen molar-refractivity contribution in [3.05, 3.63) is 64.4 Å². The zero-order valence-electron chi connectivity index (χ0n) is 11.5. The first-order valence-electron chi connectivity index (χ1n) is 6.37. The lowest BCUT2D eigenvalue weighted by Crippen LogP contribution is -2.20. The van der Waals surface area contributed by atoms with E-state index in [1.54, 1.807) is 25.6 Å². The fourth-order valence-corrected chi connectivity index (χ4v) is 2.13. The van der Waals surface area contributed by atoms with Gasteiger partial charge in [0.2, 0.25) is 5.91 Å². The van der Waals surface area contributed by atoms with E-state index < -0.39 is 0 Å². The van der Waals surface area contributed by atoms with Crippen LogP contribution in [-0.4, -0.2) is 18.0 Å². The van der Waals surface area contributed by atoms with Gasteiger partial charge in [-0.25, -0.2) is 0 Å². The predicted molar refractivity (Wildman–Crippen MR) is 85.8 cm³/mol. The number of nitrogens with one attached hydrogen (secondary N) is 1. The SMILES string of the molecule is COc1ccc(Br)cc1/C=C\C(=O)NCc1cccnc1. The highest BCUT2D eigenvalue weighted by molar-refractivity contribution is 9.10. The van der Waals surface area contributed by atoms with Crippen LogP contribution in [0.1, 0.15) is 11.1 Å². The van der Waals surface area contributed by atoms with Crippen LogP contribution >= 0.6 is 15.9 Å². The monoisotopic (exact) mass is 346 g/mol. The van der Waals surface area contributed by atoms with Gasteiger partial charge in [-0.05, 0) is 35.9 Å². The maximum absolute atomic E-state index is 11.8. The molecule has 0 spiro atoms. The van der Waals surface area contributed by atoms with Crippen molar-refractivity contribution in [3.63, 3.8) is 0 Å². The van der Waals surface area contributed by atoms with Crippen LogP contribution in [0.5, 0.6) is 5.75 Å². The minimum Gasteiger partial charge on any atom is -0.496 e. The molecule has 0 bridgehead atoms. The van der Waals surface area contributed by atoms with Gasteiger partial charge >= 0.3 is 0 Å². The van der Waals surface area contributed by atoms with Gasteiger partial charge < -0.3 is 10.1 Å². The Balaban J connectivity index is 1.97. The number of rotatable bonds is 5. The largest absolute Gasteiger partial charge is 0.496 e. The molecule has 0 atom stereocenters. The van der Waals surface area contributed by atoms with Crippen molar-refractivity contribution in [2.75, 3.05) is 7.11 Å². The maximum Gasteiger partial charge on any atom is 0.244 e. The summed E-state index contributed by atoms with van der Waals surface area (Å²) in [5.41, 5.74) is 1.79. The number of hydrogen-bond donors (Lipinski definition) is 1. The van der Waals surface area contributed by atoms with Gasteiger partial charge in [0.15, 0.2) is 0 Å². The Morgan fingerprint density at radius 2 is 2.29 bits per heavy atom. The number of carbonyl (C=O) groups excluding carboxylic acids is 1. The molecule has 2 rings (SSSR count). The van der Waals surface area contributed by atoms with E-state index in [2.05, 4.69) is 26.2 Å². The van der Waals surface area contributed by atoms with Gasteiger partial charge in [0.1, 0.15) is 5.75 Å². The summed E-state index contributed by atoms with van der Waals surface area (Å²) in [7, 11) is 1.60. The average Bonchev–Trinajstić information content (AvgIpc) is 2.52. The Bertz CT molecular complexity index is 642. The van der Waals surface area contributed by atoms with Crippen LogP contribution in [0.25, 0.3) is 6.08 Å². The zero-order valence-corrected chi connectivity index (χ0v) is 13.1. The summed E-state index contributed by atoms with van der Waals surface area (Å²) < 4.78 is 6.18. The van der Waals surface area contributed by atoms with Gasteiger partial charge in [-0.15, -0.1) is 0 Å². The van der Waals surface area contributed by atoms with Crippen LogP contribution in [0.3, 0.4) is 0 Å². The highest BCUT2D eigenvalue weighted by atomic mass is 79.9. The van der Waals surface area contributed by atoms with Gasteiger partial charge in [0.25, 0.3) is 0 Å². The number of halogens is 1. The van der Waals surface area contributed by atoms with E-state index in [9.17, 15) is 4.79 Å². The maximum atomic E-state index is 11.8. The molecule has 4 nitrogen and oxygen atoms in total. The molecule has 1 aromatic heterocycles. The predicted octanol–water partition coefficient (Wildman–Crippen LogP) is 3.18. The standard InChI is InChI=1S/C16H15BrN2O2/c1-21-15-6-5-14(17)9-13(15)4-7-16(20)19-11-12-3-2-8-18-10-12/h2-10H,11H2,1H3,(H,19,20)/b7-4-. The van der Waals surface area contributed by atoms with E-state index in [4.69, 9.17) is 4.74 Å². The second-order valence-electron chi connectivity index (χ2n) is 4.30. The number of carbonyl (C=O) groups is 1. The average molecular weight is 347 g/mol. The molecule has 0 radical (unpaired) electrons. The third-order valence-corrected chi connectivity index (χ3v) is 3.29. The third-order valence-electron chi connectivity index (χ3n) is 2.80. The van der Waals surface area contributed by atoms with E-state index >= 15 is 0 Å². The van der Waals surface area contributed by atoms with E-state index in [1.165, 1.54) is 6.08 Å². The summed E-state index contributed by atoms with van der Waals surface area (Å²) in [5, 5.41) is 2.80. The highest BCUT2D eigenvalue weighted by Crippen LogP contribution is 2.23. The molecule has 2 aromatic rings. The highest BCUT2D eigenvalue weighted by Gasteiger charge is 2.02. The molecule has 0 saturated heterocycles. The molecular formula is C16H15BrN2O2. The number of aromatic nitrogens is 1. The molecule has 0 unspecified atom stereocenters. The molecule has 108 valence electrons. The molecule has 5 heteroatoms. The van der Waals surface area contributed by atoms with Crippen LogP contribution < -0.4 is 10.1 Å². The van der Waals surface area contributed by atoms with Crippen molar-refractivity contribution < 1.29 is 9.53 Å². The summed E-state index contributed by atoms with van der Waals surface area (Å²) in [6, 6.07) is 9.37. The van der Waals surface area contributed by atoms with Gasteiger partial charge in [0, 0.05) is 35.1 Å². The summed E-state index contributed by atoms with van der Waals surface area (Å²) >= 11 is 3.40. The van der Waals surface area contributed by atoms with E-state index in [0.29, 0.717) is 6.54 Å². The number of amides is 1. The molecule has 1 N–H and O–H groups in total. The summed E-state index contributed by atoms with van der Waals surface area (Å²) in [5.74, 6) is 0.551. The molecule has 0 aliphatic heterocycles. The molecule has 1 aromatic carbocycles. The van der Waals surface area contributed by atoms with Crippen LogP contribution in [0.2, 0.25) is 0 Å². The van der Waals surface area contributed by atoms with Gasteiger partial charge in [-0.3, -0.25) is 9.78 Å². The number of ether oxygens (including phenoxy) is 1. The molecular weight excluding hydrogens is 332 g/mol. The molecule has 0 fully saturated rings. The van der Waals surface area contributed by atoms with E-state index in [-0.39, 0.29) is 5.91 Å². The lowest BCUT2D eigenvalue weighted by Gasteiger charge is -2.05. The molecule has 0 saturated carbocycles. The van der Waals surface area contributed by atoms with Gasteiger partial charge in [0.05, 0.1) is 7.11 Å². The summed E-state index contributed by atoms with van der Waals surface area (Å²) in [6.07, 6.45) is 6.63. The first-order valence-corrected chi connectivity index (χ1v) is 7.16. The lowest BCUT2D eigenvalue weighted by atomic mass is 10.2. The summed E-state index contributed by atoms with van der Waals surface area (Å²) in [6.45, 7) is 0.451. The van der Waals surface area contributed by atoms with Crippen molar-refractivity contribution in [2.24, 2.45) is 0 Å². The Labute approximate surface area is 132 Å². The Morgan fingerprint density at radius 3 is 3.00 bits per heavy atom. The quantitative estimate of drug-likeness (QED) is 0.846. The lowest BCUT2D eigenvalue weighted by molar-refractivity contribution is -0.116. The normalized spacial score (nSPS) is 10.6. The van der Waals surface area contributed by atoms with Gasteiger partial charge in [-0.2, -0.15) is 0 Å². The zero-order chi connectivity index (χ0) is 15.1. The second-order valence-corrected chi connectivity index (χ2v) is 5.21.